The first-order valence-electron chi connectivity index (χ1n) is 10.4. The molecule has 0 saturated heterocycles. The predicted molar refractivity (Wildman–Crippen MR) is 113 cm³/mol. The Balaban J connectivity index is 4.19. The van der Waals surface area contributed by atoms with E-state index < -0.39 is 13.2 Å². The van der Waals surface area contributed by atoms with Crippen molar-refractivity contribution in [2.24, 2.45) is 10.8 Å². The van der Waals surface area contributed by atoms with Crippen molar-refractivity contribution in [3.63, 3.8) is 0 Å². The topological polar surface area (TPSA) is 93.1 Å². The van der Waals surface area contributed by atoms with Crippen LogP contribution in [0.1, 0.15) is 92.4 Å². The van der Waals surface area contributed by atoms with E-state index in [0.29, 0.717) is 6.42 Å². The molecular formula is C21H41O6P. The molecule has 0 saturated carbocycles. The van der Waals surface area contributed by atoms with Gasteiger partial charge >= 0.3 is 13.8 Å². The van der Waals surface area contributed by atoms with Crippen molar-refractivity contribution in [1.82, 2.24) is 0 Å². The van der Waals surface area contributed by atoms with Gasteiger partial charge < -0.3 is 14.5 Å². The molecule has 0 radical (unpaired) electrons. The third-order valence-corrected chi connectivity index (χ3v) is 5.04. The van der Waals surface area contributed by atoms with Crippen LogP contribution in [0, 0.1) is 10.8 Å². The summed E-state index contributed by atoms with van der Waals surface area (Å²) in [6.45, 7) is 10.1. The minimum absolute atomic E-state index is 0.0799. The van der Waals surface area contributed by atoms with Gasteiger partial charge in [0.15, 0.2) is 0 Å². The monoisotopic (exact) mass is 420 g/mol. The van der Waals surface area contributed by atoms with Crippen molar-refractivity contribution in [2.45, 2.75) is 92.4 Å². The van der Waals surface area contributed by atoms with Gasteiger partial charge in [-0.15, -0.1) is 0 Å². The Morgan fingerprint density at radius 2 is 1.57 bits per heavy atom. The summed E-state index contributed by atoms with van der Waals surface area (Å²) >= 11 is 0. The molecule has 0 fully saturated rings. The molecule has 0 aliphatic rings. The molecule has 0 spiro atoms. The van der Waals surface area contributed by atoms with E-state index in [1.54, 1.807) is 0 Å². The average Bonchev–Trinajstić information content (AvgIpc) is 2.54. The lowest BCUT2D eigenvalue weighted by Crippen LogP contribution is -2.32. The van der Waals surface area contributed by atoms with Crippen LogP contribution < -0.4 is 0 Å². The highest BCUT2D eigenvalue weighted by Crippen LogP contribution is 2.37. The van der Waals surface area contributed by atoms with Gasteiger partial charge in [-0.2, -0.15) is 0 Å². The highest BCUT2D eigenvalue weighted by atomic mass is 31.2. The van der Waals surface area contributed by atoms with Crippen LogP contribution in [0.2, 0.25) is 0 Å². The molecule has 0 bridgehead atoms. The van der Waals surface area contributed by atoms with E-state index in [9.17, 15) is 9.36 Å². The quantitative estimate of drug-likeness (QED) is 0.142. The van der Waals surface area contributed by atoms with Crippen molar-refractivity contribution >= 4 is 13.8 Å². The van der Waals surface area contributed by atoms with Crippen LogP contribution in [0.5, 0.6) is 0 Å². The normalized spacial score (nSPS) is 13.2. The molecule has 28 heavy (non-hydrogen) atoms. The highest BCUT2D eigenvalue weighted by Gasteiger charge is 2.34. The second-order valence-electron chi connectivity index (χ2n) is 8.82. The number of carbonyl (C=O) groups is 1. The van der Waals surface area contributed by atoms with Gasteiger partial charge in [-0.3, -0.25) is 9.32 Å². The number of carbonyl (C=O) groups excluding carboxylic acids is 1. The molecule has 7 heteroatoms. The third-order valence-electron chi connectivity index (χ3n) is 4.52. The second kappa shape index (κ2) is 13.5. The third kappa shape index (κ3) is 15.3. The molecule has 0 aromatic carbocycles. The Labute approximate surface area is 171 Å². The zero-order valence-corrected chi connectivity index (χ0v) is 19.3. The van der Waals surface area contributed by atoms with Crippen LogP contribution in [-0.4, -0.2) is 29.0 Å². The van der Waals surface area contributed by atoms with Gasteiger partial charge in [0, 0.05) is 6.42 Å². The number of phosphoric ester groups is 1. The zero-order chi connectivity index (χ0) is 21.7. The first-order chi connectivity index (χ1) is 12.9. The fraction of sp³-hybridized carbons (Fsp3) is 0.857. The van der Waals surface area contributed by atoms with Gasteiger partial charge in [0.1, 0.15) is 0 Å². The van der Waals surface area contributed by atoms with Crippen LogP contribution in [0.25, 0.3) is 0 Å². The molecule has 0 atom stereocenters. The minimum atomic E-state index is -4.46. The summed E-state index contributed by atoms with van der Waals surface area (Å²) in [6, 6.07) is 0. The van der Waals surface area contributed by atoms with Crippen molar-refractivity contribution in [1.29, 1.82) is 0 Å². The zero-order valence-electron chi connectivity index (χ0n) is 18.4. The molecule has 0 heterocycles. The Kier molecular flexibility index (Phi) is 13.2. The van der Waals surface area contributed by atoms with Crippen LogP contribution >= 0.6 is 7.82 Å². The smallest absolute Gasteiger partial charge is 0.465 e. The molecular weight excluding hydrogens is 379 g/mol. The fourth-order valence-electron chi connectivity index (χ4n) is 3.32. The Bertz CT molecular complexity index is 507. The predicted octanol–water partition coefficient (Wildman–Crippen LogP) is 5.78. The average molecular weight is 421 g/mol. The van der Waals surface area contributed by atoms with E-state index >= 15 is 0 Å². The van der Waals surface area contributed by atoms with Gasteiger partial charge in [-0.05, 0) is 38.5 Å². The molecule has 0 aromatic rings. The summed E-state index contributed by atoms with van der Waals surface area (Å²) in [4.78, 5) is 29.6. The number of rotatable bonds is 16. The van der Waals surface area contributed by atoms with Gasteiger partial charge in [-0.1, -0.05) is 65.0 Å². The lowest BCUT2D eigenvalue weighted by molar-refractivity contribution is -0.155. The number of allylic oxidation sites excluding steroid dienone is 2. The second-order valence-corrected chi connectivity index (χ2v) is 10.1. The maximum absolute atomic E-state index is 12.4. The molecule has 0 amide bonds. The van der Waals surface area contributed by atoms with Crippen molar-refractivity contribution in [3.8, 4) is 0 Å². The van der Waals surface area contributed by atoms with E-state index in [1.165, 1.54) is 38.5 Å². The summed E-state index contributed by atoms with van der Waals surface area (Å²) in [7, 11) is -4.46. The number of esters is 1. The number of hydrogen-bond acceptors (Lipinski definition) is 4. The lowest BCUT2D eigenvalue weighted by atomic mass is 9.75. The Hall–Kier alpha value is -0.680. The summed E-state index contributed by atoms with van der Waals surface area (Å²) < 4.78 is 20.2. The summed E-state index contributed by atoms with van der Waals surface area (Å²) in [5, 5.41) is 0. The first-order valence-corrected chi connectivity index (χ1v) is 12.0. The maximum atomic E-state index is 12.4. The molecule has 2 N–H and O–H groups in total. The van der Waals surface area contributed by atoms with Gasteiger partial charge in [0.25, 0.3) is 0 Å². The van der Waals surface area contributed by atoms with Crippen LogP contribution in [0.15, 0.2) is 12.2 Å². The Morgan fingerprint density at radius 1 is 0.964 bits per heavy atom. The number of ether oxygens (including phenoxy) is 1. The highest BCUT2D eigenvalue weighted by molar-refractivity contribution is 7.46. The molecule has 0 unspecified atom stereocenters. The van der Waals surface area contributed by atoms with E-state index in [-0.39, 0.29) is 31.0 Å². The maximum Gasteiger partial charge on any atom is 0.469 e. The largest absolute Gasteiger partial charge is 0.469 e. The fourth-order valence-corrected chi connectivity index (χ4v) is 3.68. The molecule has 166 valence electrons. The molecule has 0 rings (SSSR count). The van der Waals surface area contributed by atoms with Crippen molar-refractivity contribution in [3.05, 3.63) is 12.2 Å². The van der Waals surface area contributed by atoms with Crippen LogP contribution in [0.4, 0.5) is 0 Å². The molecule has 0 aromatic heterocycles. The number of phosphoric acid groups is 1. The number of hydrogen-bond donors (Lipinski definition) is 2. The number of unbranched alkanes of at least 4 members (excludes halogenated alkanes) is 6. The van der Waals surface area contributed by atoms with E-state index in [0.717, 1.165) is 6.42 Å². The van der Waals surface area contributed by atoms with Crippen LogP contribution in [-0.2, 0) is 18.6 Å². The van der Waals surface area contributed by atoms with Crippen molar-refractivity contribution in [2.75, 3.05) is 13.2 Å². The first kappa shape index (κ1) is 27.3. The van der Waals surface area contributed by atoms with E-state index in [1.807, 2.05) is 13.8 Å². The SMILES string of the molecule is CCCCCCCC/C=C\C(C)(C)CC(C)(C)C(=O)OCCCOP(=O)(O)O. The minimum Gasteiger partial charge on any atom is -0.465 e. The van der Waals surface area contributed by atoms with Crippen LogP contribution in [0.3, 0.4) is 0 Å². The molecule has 0 aliphatic heterocycles. The van der Waals surface area contributed by atoms with E-state index in [2.05, 4.69) is 37.4 Å². The van der Waals surface area contributed by atoms with Gasteiger partial charge in [-0.25, -0.2) is 4.57 Å². The molecule has 6 nitrogen and oxygen atoms in total. The summed E-state index contributed by atoms with van der Waals surface area (Å²) in [5.41, 5.74) is -0.758. The standard InChI is InChI=1S/C21H41O6P/c1-6-7-8-9-10-11-12-13-15-20(2,3)18-21(4,5)19(22)26-16-14-17-27-28(23,24)25/h13,15H,6-12,14,16-18H2,1-5H3,(H2,23,24,25)/b15-13-. The van der Waals surface area contributed by atoms with Gasteiger partial charge in [0.2, 0.25) is 0 Å². The summed E-state index contributed by atoms with van der Waals surface area (Å²) in [5.74, 6) is -0.305. The lowest BCUT2D eigenvalue weighted by Gasteiger charge is -2.31. The van der Waals surface area contributed by atoms with E-state index in [4.69, 9.17) is 14.5 Å². The molecule has 0 aliphatic carbocycles. The van der Waals surface area contributed by atoms with Crippen molar-refractivity contribution < 1.29 is 28.4 Å². The van der Waals surface area contributed by atoms with Gasteiger partial charge in [0.05, 0.1) is 18.6 Å². The summed E-state index contributed by atoms with van der Waals surface area (Å²) in [6.07, 6.45) is 14.1. The Morgan fingerprint density at radius 3 is 2.18 bits per heavy atom.